The van der Waals surface area contributed by atoms with Crippen molar-refractivity contribution in [3.63, 3.8) is 0 Å². The minimum atomic E-state index is -0.533. The van der Waals surface area contributed by atoms with Gasteiger partial charge in [0.1, 0.15) is 5.60 Å². The summed E-state index contributed by atoms with van der Waals surface area (Å²) in [6.07, 6.45) is 5.08. The molecular weight excluding hydrogens is 510 g/mol. The van der Waals surface area contributed by atoms with E-state index in [1.165, 1.54) is 13.5 Å². The van der Waals surface area contributed by atoms with Gasteiger partial charge in [-0.1, -0.05) is 43.5 Å². The topological polar surface area (TPSA) is 110 Å². The van der Waals surface area contributed by atoms with Crippen molar-refractivity contribution in [3.05, 3.63) is 51.9 Å². The molecule has 10 nitrogen and oxygen atoms in total. The molecular formula is C30H39N5O5. The summed E-state index contributed by atoms with van der Waals surface area (Å²) in [5, 5.41) is 3.50. The second-order valence-electron chi connectivity index (χ2n) is 11.8. The lowest BCUT2D eigenvalue weighted by atomic mass is 9.95. The Balaban J connectivity index is 1.36. The Hall–Kier alpha value is -3.66. The molecule has 0 unspecified atom stereocenters. The molecule has 1 saturated heterocycles. The van der Waals surface area contributed by atoms with Gasteiger partial charge in [0.25, 0.3) is 5.56 Å². The number of benzene rings is 1. The number of ether oxygens (including phenoxy) is 2. The zero-order chi connectivity index (χ0) is 28.4. The molecule has 5 rings (SSSR count). The molecule has 2 fully saturated rings. The lowest BCUT2D eigenvalue weighted by Crippen LogP contribution is -2.49. The zero-order valence-electron chi connectivity index (χ0n) is 23.9. The molecule has 0 atom stereocenters. The van der Waals surface area contributed by atoms with E-state index in [-0.39, 0.29) is 23.4 Å². The van der Waals surface area contributed by atoms with Crippen LogP contribution in [0.5, 0.6) is 0 Å². The van der Waals surface area contributed by atoms with Gasteiger partial charge in [-0.25, -0.2) is 14.6 Å². The fraction of sp³-hybridized carbons (Fsp3) is 0.533. The van der Waals surface area contributed by atoms with Crippen LogP contribution in [0, 0.1) is 0 Å². The molecule has 2 aliphatic rings. The molecule has 10 heteroatoms. The number of nitrogens with one attached hydrogen (secondary N) is 1. The van der Waals surface area contributed by atoms with E-state index in [1.807, 2.05) is 49.7 Å². The van der Waals surface area contributed by atoms with Gasteiger partial charge in [0, 0.05) is 38.3 Å². The number of fused-ring (bicyclic) bond motifs is 1. The number of aromatic nitrogens is 3. The van der Waals surface area contributed by atoms with Crippen molar-refractivity contribution < 1.29 is 19.1 Å². The number of rotatable bonds is 5. The van der Waals surface area contributed by atoms with E-state index in [0.29, 0.717) is 29.7 Å². The van der Waals surface area contributed by atoms with E-state index in [4.69, 9.17) is 9.47 Å². The van der Waals surface area contributed by atoms with Gasteiger partial charge in [0.15, 0.2) is 11.3 Å². The lowest BCUT2D eigenvalue weighted by Gasteiger charge is -2.35. The summed E-state index contributed by atoms with van der Waals surface area (Å²) in [5.74, 6) is -0.533. The van der Waals surface area contributed by atoms with E-state index in [2.05, 4.69) is 15.0 Å². The third kappa shape index (κ3) is 6.06. The number of methoxy groups -OCH3 is 1. The fourth-order valence-electron chi connectivity index (χ4n) is 5.65. The van der Waals surface area contributed by atoms with E-state index < -0.39 is 11.6 Å². The van der Waals surface area contributed by atoms with E-state index in [0.717, 1.165) is 56.4 Å². The maximum absolute atomic E-state index is 13.2. The van der Waals surface area contributed by atoms with Crippen LogP contribution in [0.3, 0.4) is 0 Å². The molecule has 0 spiro atoms. The highest BCUT2D eigenvalue weighted by Gasteiger charge is 2.27. The van der Waals surface area contributed by atoms with Crippen LogP contribution < -0.4 is 5.56 Å². The van der Waals surface area contributed by atoms with Gasteiger partial charge < -0.3 is 14.4 Å². The maximum atomic E-state index is 13.2. The molecule has 2 aromatic heterocycles. The number of amides is 1. The largest absolute Gasteiger partial charge is 0.464 e. The quantitative estimate of drug-likeness (QED) is 0.458. The highest BCUT2D eigenvalue weighted by atomic mass is 16.6. The molecule has 0 bridgehead atoms. The van der Waals surface area contributed by atoms with E-state index in [1.54, 1.807) is 11.0 Å². The number of hydrogen-bond donors (Lipinski definition) is 1. The summed E-state index contributed by atoms with van der Waals surface area (Å²) in [5.41, 5.74) is 2.61. The minimum absolute atomic E-state index is 0.158. The monoisotopic (exact) mass is 549 g/mol. The van der Waals surface area contributed by atoms with Crippen LogP contribution in [-0.2, 0) is 16.0 Å². The number of hydrogen-bond acceptors (Lipinski definition) is 7. The molecule has 1 N–H and O–H groups in total. The minimum Gasteiger partial charge on any atom is -0.464 e. The smallest absolute Gasteiger partial charge is 0.410 e. The number of pyridine rings is 1. The van der Waals surface area contributed by atoms with Gasteiger partial charge in [-0.15, -0.1) is 0 Å². The van der Waals surface area contributed by atoms with Crippen LogP contribution in [0.4, 0.5) is 4.79 Å². The molecule has 1 aliphatic heterocycles. The number of piperazine rings is 1. The predicted octanol–water partition coefficient (Wildman–Crippen LogP) is 4.74. The van der Waals surface area contributed by atoms with Crippen LogP contribution >= 0.6 is 0 Å². The summed E-state index contributed by atoms with van der Waals surface area (Å²) < 4.78 is 12.3. The van der Waals surface area contributed by atoms with Crippen LogP contribution in [-0.4, -0.2) is 75.5 Å². The van der Waals surface area contributed by atoms with Crippen molar-refractivity contribution in [1.29, 1.82) is 0 Å². The molecule has 214 valence electrons. The van der Waals surface area contributed by atoms with E-state index >= 15 is 0 Å². The second kappa shape index (κ2) is 11.4. The zero-order valence-corrected chi connectivity index (χ0v) is 23.9. The molecule has 1 aliphatic carbocycles. The van der Waals surface area contributed by atoms with Crippen LogP contribution in [0.2, 0.25) is 0 Å². The van der Waals surface area contributed by atoms with Gasteiger partial charge in [0.2, 0.25) is 0 Å². The van der Waals surface area contributed by atoms with Gasteiger partial charge in [-0.2, -0.15) is 0 Å². The fourth-order valence-corrected chi connectivity index (χ4v) is 5.65. The Kier molecular flexibility index (Phi) is 7.98. The van der Waals surface area contributed by atoms with Crippen molar-refractivity contribution in [2.45, 2.75) is 71.1 Å². The summed E-state index contributed by atoms with van der Waals surface area (Å²) in [6, 6.07) is 9.88. The number of H-pyrrole nitrogens is 1. The third-order valence-corrected chi connectivity index (χ3v) is 7.71. The standard InChI is InChI=1S/C30H39N5O5/c1-30(2,3)40-29(38)34-16-14-33(15-17-34)19-20-10-12-21(13-11-20)23-18-24(28(37)39-4)31-26-25(23)27(36)32-35(26)22-8-6-5-7-9-22/h10-13,18,22H,5-9,14-17,19H2,1-4H3,(H,32,36). The molecule has 1 amide bonds. The first kappa shape index (κ1) is 27.9. The Morgan fingerprint density at radius 2 is 1.70 bits per heavy atom. The first-order valence-electron chi connectivity index (χ1n) is 14.2. The van der Waals surface area contributed by atoms with Crippen molar-refractivity contribution in [2.75, 3.05) is 33.3 Å². The number of aromatic amines is 1. The number of carbonyl (C=O) groups excluding carboxylic acids is 2. The van der Waals surface area contributed by atoms with Gasteiger partial charge in [0.05, 0.1) is 18.5 Å². The van der Waals surface area contributed by atoms with Crippen molar-refractivity contribution in [2.24, 2.45) is 0 Å². The Bertz CT molecular complexity index is 1420. The molecule has 40 heavy (non-hydrogen) atoms. The second-order valence-corrected chi connectivity index (χ2v) is 11.8. The Morgan fingerprint density at radius 1 is 1.02 bits per heavy atom. The number of carbonyl (C=O) groups is 2. The van der Waals surface area contributed by atoms with E-state index in [9.17, 15) is 14.4 Å². The molecule has 3 aromatic rings. The van der Waals surface area contributed by atoms with Gasteiger partial charge in [-0.05, 0) is 50.8 Å². The first-order valence-corrected chi connectivity index (χ1v) is 14.2. The molecule has 0 radical (unpaired) electrons. The highest BCUT2D eigenvalue weighted by Crippen LogP contribution is 2.33. The summed E-state index contributed by atoms with van der Waals surface area (Å²) in [4.78, 5) is 46.7. The number of esters is 1. The average molecular weight is 550 g/mol. The number of nitrogens with zero attached hydrogens (tertiary/aromatic N) is 4. The normalized spacial score (nSPS) is 17.2. The van der Waals surface area contributed by atoms with Crippen LogP contribution in [0.15, 0.2) is 35.1 Å². The summed E-state index contributed by atoms with van der Waals surface area (Å²) in [7, 11) is 1.33. The van der Waals surface area contributed by atoms with Crippen molar-refractivity contribution in [1.82, 2.24) is 24.6 Å². The van der Waals surface area contributed by atoms with Gasteiger partial charge in [-0.3, -0.25) is 19.5 Å². The SMILES string of the molecule is COC(=O)c1cc(-c2ccc(CN3CCN(C(=O)OC(C)(C)C)CC3)cc2)c2c(=O)[nH]n(C3CCCCC3)c2n1. The predicted molar refractivity (Wildman–Crippen MR) is 152 cm³/mol. The summed E-state index contributed by atoms with van der Waals surface area (Å²) in [6.45, 7) is 9.15. The van der Waals surface area contributed by atoms with Gasteiger partial charge >= 0.3 is 12.1 Å². The van der Waals surface area contributed by atoms with Crippen molar-refractivity contribution >= 4 is 23.1 Å². The Labute approximate surface area is 234 Å². The van der Waals surface area contributed by atoms with Crippen LogP contribution in [0.25, 0.3) is 22.2 Å². The highest BCUT2D eigenvalue weighted by molar-refractivity contribution is 5.98. The average Bonchev–Trinajstić information content (AvgIpc) is 3.28. The molecule has 1 aromatic carbocycles. The summed E-state index contributed by atoms with van der Waals surface area (Å²) >= 11 is 0. The lowest BCUT2D eigenvalue weighted by molar-refractivity contribution is 0.0139. The van der Waals surface area contributed by atoms with Crippen LogP contribution in [0.1, 0.15) is 75.0 Å². The van der Waals surface area contributed by atoms with Crippen molar-refractivity contribution in [3.8, 4) is 11.1 Å². The maximum Gasteiger partial charge on any atom is 0.410 e. The molecule has 1 saturated carbocycles. The third-order valence-electron chi connectivity index (χ3n) is 7.71. The first-order chi connectivity index (χ1) is 19.1. The Morgan fingerprint density at radius 3 is 2.33 bits per heavy atom. The molecule has 3 heterocycles.